The number of rotatable bonds is 7. The zero-order valence-electron chi connectivity index (χ0n) is 10.1. The van der Waals surface area contributed by atoms with Crippen LogP contribution in [-0.4, -0.2) is 46.2 Å². The third-order valence-electron chi connectivity index (χ3n) is 3.42. The molecule has 96 valence electrons. The van der Waals surface area contributed by atoms with E-state index >= 15 is 0 Å². The van der Waals surface area contributed by atoms with Crippen LogP contribution in [0.3, 0.4) is 0 Å². The van der Waals surface area contributed by atoms with Gasteiger partial charge in [-0.2, -0.15) is 0 Å². The monoisotopic (exact) mass is 231 g/mol. The fourth-order valence-corrected chi connectivity index (χ4v) is 2.33. The summed E-state index contributed by atoms with van der Waals surface area (Å²) in [5, 5.41) is 31.4. The van der Waals surface area contributed by atoms with Crippen molar-refractivity contribution in [2.45, 2.75) is 69.7 Å². The molecule has 4 nitrogen and oxygen atoms in total. The molecule has 1 fully saturated rings. The van der Waals surface area contributed by atoms with Crippen LogP contribution in [0.1, 0.15) is 45.4 Å². The van der Waals surface area contributed by atoms with Crippen LogP contribution in [0.2, 0.25) is 0 Å². The van der Waals surface area contributed by atoms with E-state index in [4.69, 9.17) is 5.11 Å². The van der Waals surface area contributed by atoms with Gasteiger partial charge in [0.1, 0.15) is 0 Å². The molecule has 4 heteroatoms. The van der Waals surface area contributed by atoms with Crippen molar-refractivity contribution in [1.29, 1.82) is 0 Å². The quantitative estimate of drug-likeness (QED) is 0.479. The third kappa shape index (κ3) is 3.70. The molecule has 4 atom stereocenters. The van der Waals surface area contributed by atoms with Crippen molar-refractivity contribution >= 4 is 0 Å². The molecule has 0 saturated carbocycles. The Morgan fingerprint density at radius 2 is 1.56 bits per heavy atom. The van der Waals surface area contributed by atoms with E-state index in [0.717, 1.165) is 12.8 Å². The molecule has 4 N–H and O–H groups in total. The van der Waals surface area contributed by atoms with Gasteiger partial charge in [0.25, 0.3) is 0 Å². The molecular formula is C12H25NO3. The van der Waals surface area contributed by atoms with Crippen LogP contribution in [0.5, 0.6) is 0 Å². The highest BCUT2D eigenvalue weighted by Crippen LogP contribution is 2.19. The van der Waals surface area contributed by atoms with Crippen LogP contribution in [0, 0.1) is 0 Å². The lowest BCUT2D eigenvalue weighted by Gasteiger charge is -2.15. The lowest BCUT2D eigenvalue weighted by Crippen LogP contribution is -2.36. The van der Waals surface area contributed by atoms with Gasteiger partial charge < -0.3 is 20.6 Å². The van der Waals surface area contributed by atoms with E-state index in [9.17, 15) is 10.2 Å². The Morgan fingerprint density at radius 1 is 0.938 bits per heavy atom. The second-order valence-corrected chi connectivity index (χ2v) is 4.75. The van der Waals surface area contributed by atoms with Crippen LogP contribution in [-0.2, 0) is 0 Å². The van der Waals surface area contributed by atoms with E-state index in [2.05, 4.69) is 12.2 Å². The molecule has 1 heterocycles. The van der Waals surface area contributed by atoms with E-state index < -0.39 is 12.2 Å². The Hall–Kier alpha value is -0.160. The summed E-state index contributed by atoms with van der Waals surface area (Å²) in [6, 6.07) is -0.426. The van der Waals surface area contributed by atoms with Crippen LogP contribution >= 0.6 is 0 Å². The molecule has 0 bridgehead atoms. The predicted octanol–water partition coefficient (Wildman–Crippen LogP) is 0.401. The molecule has 0 aromatic rings. The number of aliphatic hydroxyl groups is 3. The van der Waals surface area contributed by atoms with Crippen molar-refractivity contribution in [3.8, 4) is 0 Å². The summed E-state index contributed by atoms with van der Waals surface area (Å²) in [4.78, 5) is 0. The summed E-state index contributed by atoms with van der Waals surface area (Å²) in [7, 11) is 0. The molecule has 0 aliphatic carbocycles. The lowest BCUT2D eigenvalue weighted by molar-refractivity contribution is 0.0186. The summed E-state index contributed by atoms with van der Waals surface area (Å²) >= 11 is 0. The molecule has 0 radical (unpaired) electrons. The van der Waals surface area contributed by atoms with Crippen molar-refractivity contribution in [2.24, 2.45) is 0 Å². The summed E-state index contributed by atoms with van der Waals surface area (Å²) in [5.41, 5.74) is 0. The van der Waals surface area contributed by atoms with E-state index in [1.54, 1.807) is 0 Å². The summed E-state index contributed by atoms with van der Waals surface area (Å²) in [6.07, 6.45) is 5.30. The highest BCUT2D eigenvalue weighted by atomic mass is 16.3. The average molecular weight is 231 g/mol. The van der Waals surface area contributed by atoms with Gasteiger partial charge in [-0.1, -0.05) is 39.0 Å². The Morgan fingerprint density at radius 3 is 2.12 bits per heavy atom. The van der Waals surface area contributed by atoms with E-state index in [-0.39, 0.29) is 18.7 Å². The van der Waals surface area contributed by atoms with Crippen molar-refractivity contribution < 1.29 is 15.3 Å². The van der Waals surface area contributed by atoms with E-state index in [0.29, 0.717) is 0 Å². The Balaban J connectivity index is 2.17. The summed E-state index contributed by atoms with van der Waals surface area (Å²) < 4.78 is 0. The molecule has 0 spiro atoms. The molecule has 16 heavy (non-hydrogen) atoms. The smallest absolute Gasteiger partial charge is 0.0989 e. The lowest BCUT2D eigenvalue weighted by atomic mass is 10.0. The maximum absolute atomic E-state index is 9.74. The van der Waals surface area contributed by atoms with Crippen LogP contribution in [0.15, 0.2) is 0 Å². The van der Waals surface area contributed by atoms with Crippen molar-refractivity contribution in [3.05, 3.63) is 0 Å². The van der Waals surface area contributed by atoms with Gasteiger partial charge in [0, 0.05) is 6.04 Å². The first kappa shape index (κ1) is 13.9. The molecule has 0 aromatic carbocycles. The number of nitrogens with one attached hydrogen (secondary N) is 1. The largest absolute Gasteiger partial charge is 0.395 e. The second kappa shape index (κ2) is 7.22. The third-order valence-corrected chi connectivity index (χ3v) is 3.42. The fraction of sp³-hybridized carbons (Fsp3) is 1.00. The number of hydrogen-bond donors (Lipinski definition) is 4. The van der Waals surface area contributed by atoms with E-state index in [1.165, 1.54) is 25.7 Å². The maximum Gasteiger partial charge on any atom is 0.0989 e. The van der Waals surface area contributed by atoms with Gasteiger partial charge in [0.2, 0.25) is 0 Å². The number of hydrogen-bond acceptors (Lipinski definition) is 4. The number of unbranched alkanes of at least 4 members (excludes halogenated alkanes) is 4. The topological polar surface area (TPSA) is 72.7 Å². The summed E-state index contributed by atoms with van der Waals surface area (Å²) in [6.45, 7) is 2.06. The normalized spacial score (nSPS) is 34.5. The maximum atomic E-state index is 9.74. The van der Waals surface area contributed by atoms with Crippen LogP contribution in [0.4, 0.5) is 0 Å². The molecule has 1 rings (SSSR count). The first-order valence-corrected chi connectivity index (χ1v) is 6.43. The van der Waals surface area contributed by atoms with Gasteiger partial charge in [0.15, 0.2) is 0 Å². The zero-order chi connectivity index (χ0) is 12.0. The van der Waals surface area contributed by atoms with Crippen LogP contribution in [0.25, 0.3) is 0 Å². The minimum absolute atomic E-state index is 0.0613. The SMILES string of the molecule is CCCCCCC[C@H]1N[C@H](CO)[C@@H](O)[C@@H]1O. The molecule has 1 saturated heterocycles. The van der Waals surface area contributed by atoms with Crippen molar-refractivity contribution in [2.75, 3.05) is 6.61 Å². The van der Waals surface area contributed by atoms with Crippen molar-refractivity contribution in [3.63, 3.8) is 0 Å². The Bertz CT molecular complexity index is 189. The van der Waals surface area contributed by atoms with Gasteiger partial charge in [-0.05, 0) is 6.42 Å². The summed E-state index contributed by atoms with van der Waals surface area (Å²) in [5.74, 6) is 0. The van der Waals surface area contributed by atoms with Gasteiger partial charge >= 0.3 is 0 Å². The van der Waals surface area contributed by atoms with Gasteiger partial charge in [0.05, 0.1) is 24.9 Å². The predicted molar refractivity (Wildman–Crippen MR) is 63.2 cm³/mol. The Labute approximate surface area is 97.7 Å². The van der Waals surface area contributed by atoms with Gasteiger partial charge in [-0.25, -0.2) is 0 Å². The fourth-order valence-electron chi connectivity index (χ4n) is 2.33. The van der Waals surface area contributed by atoms with Gasteiger partial charge in [-0.3, -0.25) is 0 Å². The van der Waals surface area contributed by atoms with Crippen molar-refractivity contribution in [1.82, 2.24) is 5.32 Å². The highest BCUT2D eigenvalue weighted by Gasteiger charge is 2.39. The highest BCUT2D eigenvalue weighted by molar-refractivity contribution is 4.97. The number of aliphatic hydroxyl groups excluding tert-OH is 3. The first-order chi connectivity index (χ1) is 7.70. The second-order valence-electron chi connectivity index (χ2n) is 4.75. The van der Waals surface area contributed by atoms with E-state index in [1.807, 2.05) is 0 Å². The first-order valence-electron chi connectivity index (χ1n) is 6.43. The molecule has 0 unspecified atom stereocenters. The molecule has 1 aliphatic rings. The minimum atomic E-state index is -0.828. The average Bonchev–Trinajstić information content (AvgIpc) is 2.56. The van der Waals surface area contributed by atoms with Crippen LogP contribution < -0.4 is 5.32 Å². The standard InChI is InChI=1S/C12H25NO3/c1-2-3-4-5-6-7-9-11(15)12(16)10(8-14)13-9/h9-16H,2-8H2,1H3/t9-,10-,11-,12-/m1/s1. The molecule has 1 aliphatic heterocycles. The minimum Gasteiger partial charge on any atom is -0.395 e. The molecular weight excluding hydrogens is 206 g/mol. The zero-order valence-corrected chi connectivity index (χ0v) is 10.1. The van der Waals surface area contributed by atoms with Gasteiger partial charge in [-0.15, -0.1) is 0 Å². The molecule has 0 aromatic heterocycles. The molecule has 0 amide bonds. The Kier molecular flexibility index (Phi) is 6.28.